The number of nitrogens with zero attached hydrogens (tertiary/aromatic N) is 2. The lowest BCUT2D eigenvalue weighted by atomic mass is 10.1. The van der Waals surface area contributed by atoms with E-state index in [1.807, 2.05) is 30.3 Å². The van der Waals surface area contributed by atoms with Gasteiger partial charge in [-0.15, -0.1) is 0 Å². The quantitative estimate of drug-likeness (QED) is 0.659. The van der Waals surface area contributed by atoms with Crippen LogP contribution in [0.25, 0.3) is 16.9 Å². The Bertz CT molecular complexity index is 812. The number of aldehydes is 1. The van der Waals surface area contributed by atoms with Crippen molar-refractivity contribution in [3.05, 3.63) is 70.3 Å². The van der Waals surface area contributed by atoms with Gasteiger partial charge in [-0.3, -0.25) is 4.79 Å². The Balaban J connectivity index is 2.15. The molecule has 3 aromatic rings. The number of hydrogen-bond acceptors (Lipinski definition) is 2. The summed E-state index contributed by atoms with van der Waals surface area (Å²) in [6.07, 6.45) is 2.43. The molecule has 21 heavy (non-hydrogen) atoms. The van der Waals surface area contributed by atoms with Gasteiger partial charge in [-0.05, 0) is 24.3 Å². The first kappa shape index (κ1) is 13.9. The van der Waals surface area contributed by atoms with Gasteiger partial charge in [-0.2, -0.15) is 5.10 Å². The minimum atomic E-state index is 0.475. The van der Waals surface area contributed by atoms with Gasteiger partial charge in [0, 0.05) is 16.8 Å². The lowest BCUT2D eigenvalue weighted by molar-refractivity contribution is 0.112. The van der Waals surface area contributed by atoms with Crippen molar-refractivity contribution in [2.75, 3.05) is 0 Å². The van der Waals surface area contributed by atoms with E-state index in [9.17, 15) is 4.79 Å². The average molecular weight is 317 g/mol. The van der Waals surface area contributed by atoms with Crippen LogP contribution in [0.3, 0.4) is 0 Å². The van der Waals surface area contributed by atoms with Gasteiger partial charge in [0.1, 0.15) is 5.69 Å². The number of benzene rings is 2. The first-order valence-corrected chi connectivity index (χ1v) is 7.00. The van der Waals surface area contributed by atoms with E-state index in [1.54, 1.807) is 29.1 Å². The molecule has 0 aliphatic heterocycles. The predicted molar refractivity (Wildman–Crippen MR) is 84.4 cm³/mol. The highest BCUT2D eigenvalue weighted by atomic mass is 35.5. The third-order valence-corrected chi connectivity index (χ3v) is 3.64. The molecule has 1 heterocycles. The molecule has 2 aromatic carbocycles. The summed E-state index contributed by atoms with van der Waals surface area (Å²) in [5.41, 5.74) is 2.53. The Morgan fingerprint density at radius 1 is 1.05 bits per heavy atom. The van der Waals surface area contributed by atoms with Crippen LogP contribution < -0.4 is 0 Å². The lowest BCUT2D eigenvalue weighted by Gasteiger charge is -2.02. The van der Waals surface area contributed by atoms with Gasteiger partial charge in [0.05, 0.1) is 16.3 Å². The second-order valence-electron chi connectivity index (χ2n) is 4.46. The molecule has 0 fully saturated rings. The predicted octanol–water partition coefficient (Wildman–Crippen LogP) is 4.66. The van der Waals surface area contributed by atoms with Crippen LogP contribution in [0.5, 0.6) is 0 Å². The summed E-state index contributed by atoms with van der Waals surface area (Å²) in [7, 11) is 0. The third-order valence-electron chi connectivity index (χ3n) is 3.07. The summed E-state index contributed by atoms with van der Waals surface area (Å²) >= 11 is 12.2. The van der Waals surface area contributed by atoms with E-state index >= 15 is 0 Å². The maximum atomic E-state index is 11.3. The van der Waals surface area contributed by atoms with Gasteiger partial charge in [0.25, 0.3) is 0 Å². The molecule has 0 spiro atoms. The van der Waals surface area contributed by atoms with Crippen molar-refractivity contribution in [3.8, 4) is 16.9 Å². The fourth-order valence-corrected chi connectivity index (χ4v) is 2.50. The van der Waals surface area contributed by atoms with Crippen molar-refractivity contribution in [1.82, 2.24) is 9.78 Å². The second-order valence-corrected chi connectivity index (χ2v) is 5.30. The van der Waals surface area contributed by atoms with Crippen molar-refractivity contribution in [1.29, 1.82) is 0 Å². The number of halogens is 2. The zero-order valence-corrected chi connectivity index (χ0v) is 12.3. The highest BCUT2D eigenvalue weighted by Gasteiger charge is 2.14. The van der Waals surface area contributed by atoms with Crippen molar-refractivity contribution >= 4 is 29.5 Å². The molecule has 0 unspecified atom stereocenters. The molecule has 0 saturated heterocycles. The molecular formula is C16H10Cl2N2O. The minimum absolute atomic E-state index is 0.475. The van der Waals surface area contributed by atoms with Gasteiger partial charge >= 0.3 is 0 Å². The molecule has 0 aliphatic rings. The fourth-order valence-electron chi connectivity index (χ4n) is 2.09. The second kappa shape index (κ2) is 5.72. The summed E-state index contributed by atoms with van der Waals surface area (Å²) in [6, 6.07) is 14.5. The summed E-state index contributed by atoms with van der Waals surface area (Å²) in [5, 5.41) is 5.62. The largest absolute Gasteiger partial charge is 0.298 e. The third kappa shape index (κ3) is 2.71. The van der Waals surface area contributed by atoms with Crippen LogP contribution in [-0.2, 0) is 0 Å². The first-order valence-electron chi connectivity index (χ1n) is 6.25. The van der Waals surface area contributed by atoms with E-state index in [2.05, 4.69) is 5.10 Å². The van der Waals surface area contributed by atoms with Gasteiger partial charge < -0.3 is 0 Å². The minimum Gasteiger partial charge on any atom is -0.298 e. The van der Waals surface area contributed by atoms with E-state index in [-0.39, 0.29) is 0 Å². The number of carbonyl (C=O) groups excluding carboxylic acids is 1. The van der Waals surface area contributed by atoms with Crippen molar-refractivity contribution in [2.24, 2.45) is 0 Å². The molecule has 0 amide bonds. The zero-order chi connectivity index (χ0) is 14.8. The first-order chi connectivity index (χ1) is 10.2. The van der Waals surface area contributed by atoms with E-state index < -0.39 is 0 Å². The van der Waals surface area contributed by atoms with Crippen molar-refractivity contribution < 1.29 is 4.79 Å². The molecule has 5 heteroatoms. The van der Waals surface area contributed by atoms with Crippen LogP contribution >= 0.6 is 23.2 Å². The summed E-state index contributed by atoms with van der Waals surface area (Å²) in [4.78, 5) is 11.3. The topological polar surface area (TPSA) is 34.9 Å². The Labute approximate surface area is 131 Å². The molecule has 0 radical (unpaired) electrons. The Kier molecular flexibility index (Phi) is 3.78. The fraction of sp³-hybridized carbons (Fsp3) is 0. The van der Waals surface area contributed by atoms with Crippen LogP contribution in [0.4, 0.5) is 0 Å². The Morgan fingerprint density at radius 3 is 2.57 bits per heavy atom. The van der Waals surface area contributed by atoms with Gasteiger partial charge in [0.15, 0.2) is 6.29 Å². The Morgan fingerprint density at radius 2 is 1.86 bits per heavy atom. The number of aromatic nitrogens is 2. The Hall–Kier alpha value is -2.10. The molecule has 0 bridgehead atoms. The molecular weight excluding hydrogens is 307 g/mol. The molecule has 3 nitrogen and oxygen atoms in total. The molecule has 104 valence electrons. The molecule has 3 rings (SSSR count). The standard InChI is InChI=1S/C16H10Cl2N2O/c17-12-4-3-5-13(8-12)20-9-11(10-21)16(19-20)14-6-1-2-7-15(14)18/h1-10H. The van der Waals surface area contributed by atoms with Crippen molar-refractivity contribution in [2.45, 2.75) is 0 Å². The number of carbonyl (C=O) groups is 1. The van der Waals surface area contributed by atoms with Crippen LogP contribution in [-0.4, -0.2) is 16.1 Å². The van der Waals surface area contributed by atoms with Gasteiger partial charge in [-0.25, -0.2) is 4.68 Å². The lowest BCUT2D eigenvalue weighted by Crippen LogP contribution is -1.94. The van der Waals surface area contributed by atoms with E-state index in [4.69, 9.17) is 23.2 Å². The van der Waals surface area contributed by atoms with Gasteiger partial charge in [-0.1, -0.05) is 47.5 Å². The van der Waals surface area contributed by atoms with Crippen LogP contribution in [0.15, 0.2) is 54.7 Å². The van der Waals surface area contributed by atoms with Crippen molar-refractivity contribution in [3.63, 3.8) is 0 Å². The van der Waals surface area contributed by atoms with E-state index in [0.717, 1.165) is 17.5 Å². The number of hydrogen-bond donors (Lipinski definition) is 0. The zero-order valence-electron chi connectivity index (χ0n) is 10.8. The smallest absolute Gasteiger partial charge is 0.153 e. The molecule has 0 atom stereocenters. The van der Waals surface area contributed by atoms with Crippen LogP contribution in [0, 0.1) is 0 Å². The normalized spacial score (nSPS) is 10.6. The van der Waals surface area contributed by atoms with Gasteiger partial charge in [0.2, 0.25) is 0 Å². The molecule has 1 aromatic heterocycles. The number of rotatable bonds is 3. The van der Waals surface area contributed by atoms with Crippen LogP contribution in [0.1, 0.15) is 10.4 Å². The van der Waals surface area contributed by atoms with Crippen LogP contribution in [0.2, 0.25) is 10.0 Å². The highest BCUT2D eigenvalue weighted by molar-refractivity contribution is 6.33. The molecule has 0 aliphatic carbocycles. The van der Waals surface area contributed by atoms with E-state index in [0.29, 0.717) is 21.3 Å². The van der Waals surface area contributed by atoms with E-state index in [1.165, 1.54) is 0 Å². The monoisotopic (exact) mass is 316 g/mol. The average Bonchev–Trinajstić information content (AvgIpc) is 2.92. The molecule has 0 N–H and O–H groups in total. The summed E-state index contributed by atoms with van der Waals surface area (Å²) < 4.78 is 1.62. The maximum absolute atomic E-state index is 11.3. The summed E-state index contributed by atoms with van der Waals surface area (Å²) in [6.45, 7) is 0. The SMILES string of the molecule is O=Cc1cn(-c2cccc(Cl)c2)nc1-c1ccccc1Cl. The molecule has 0 saturated carbocycles. The summed E-state index contributed by atoms with van der Waals surface area (Å²) in [5.74, 6) is 0. The highest BCUT2D eigenvalue weighted by Crippen LogP contribution is 2.29. The maximum Gasteiger partial charge on any atom is 0.153 e.